The molecular formula is C14H29NO2. The van der Waals surface area contributed by atoms with Crippen LogP contribution in [0.5, 0.6) is 0 Å². The highest BCUT2D eigenvalue weighted by Gasteiger charge is 2.30. The molecule has 1 heterocycles. The molecule has 0 aliphatic carbocycles. The van der Waals surface area contributed by atoms with E-state index in [1.165, 1.54) is 32.1 Å². The Morgan fingerprint density at radius 3 is 2.41 bits per heavy atom. The quantitative estimate of drug-likeness (QED) is 0.665. The highest BCUT2D eigenvalue weighted by atomic mass is 16.5. The minimum atomic E-state index is -0.504. The molecular weight excluding hydrogens is 214 g/mol. The van der Waals surface area contributed by atoms with Crippen molar-refractivity contribution in [1.29, 1.82) is 0 Å². The van der Waals surface area contributed by atoms with Crippen LogP contribution in [0.3, 0.4) is 0 Å². The largest absolute Gasteiger partial charge is 0.388 e. The van der Waals surface area contributed by atoms with Crippen molar-refractivity contribution in [3.63, 3.8) is 0 Å². The van der Waals surface area contributed by atoms with Gasteiger partial charge in [0.15, 0.2) is 0 Å². The minimum Gasteiger partial charge on any atom is -0.388 e. The van der Waals surface area contributed by atoms with Gasteiger partial charge < -0.3 is 14.7 Å². The number of hydrogen-bond donors (Lipinski definition) is 1. The summed E-state index contributed by atoms with van der Waals surface area (Å²) in [5, 5.41) is 10.4. The number of ether oxygens (including phenoxy) is 1. The Labute approximate surface area is 106 Å². The van der Waals surface area contributed by atoms with Gasteiger partial charge in [0.1, 0.15) is 0 Å². The molecule has 1 fully saturated rings. The summed E-state index contributed by atoms with van der Waals surface area (Å²) >= 11 is 0. The van der Waals surface area contributed by atoms with Gasteiger partial charge >= 0.3 is 0 Å². The van der Waals surface area contributed by atoms with Crippen LogP contribution in [-0.2, 0) is 4.74 Å². The normalized spacial score (nSPS) is 19.8. The second-order valence-electron chi connectivity index (χ2n) is 5.49. The smallest absolute Gasteiger partial charge is 0.0817 e. The fourth-order valence-corrected chi connectivity index (χ4v) is 2.48. The Bertz CT molecular complexity index is 191. The van der Waals surface area contributed by atoms with E-state index in [-0.39, 0.29) is 0 Å². The van der Waals surface area contributed by atoms with Crippen molar-refractivity contribution in [3.8, 4) is 0 Å². The molecule has 0 aromatic rings. The molecule has 1 aliphatic heterocycles. The van der Waals surface area contributed by atoms with Crippen molar-refractivity contribution in [3.05, 3.63) is 0 Å². The summed E-state index contributed by atoms with van der Waals surface area (Å²) in [6, 6.07) is 0. The van der Waals surface area contributed by atoms with E-state index in [1.54, 1.807) is 0 Å². The van der Waals surface area contributed by atoms with Crippen LogP contribution in [0.15, 0.2) is 0 Å². The maximum atomic E-state index is 10.4. The summed E-state index contributed by atoms with van der Waals surface area (Å²) in [7, 11) is 2.12. The maximum absolute atomic E-state index is 10.4. The Morgan fingerprint density at radius 1 is 1.12 bits per heavy atom. The predicted octanol–water partition coefficient (Wildman–Crippen LogP) is 2.43. The van der Waals surface area contributed by atoms with Gasteiger partial charge in [0.05, 0.1) is 5.60 Å². The van der Waals surface area contributed by atoms with E-state index in [0.717, 1.165) is 25.9 Å². The minimum absolute atomic E-state index is 0.504. The number of rotatable bonds is 8. The molecule has 0 bridgehead atoms. The molecule has 3 heteroatoms. The number of hydrogen-bond acceptors (Lipinski definition) is 3. The summed E-state index contributed by atoms with van der Waals surface area (Å²) in [6.45, 7) is 5.56. The second kappa shape index (κ2) is 8.06. The Kier molecular flexibility index (Phi) is 7.09. The SMILES string of the molecule is CCCCCCCN(C)CC1(O)CCOCC1. The summed E-state index contributed by atoms with van der Waals surface area (Å²) in [5.74, 6) is 0. The van der Waals surface area contributed by atoms with Crippen molar-refractivity contribution in [2.45, 2.75) is 57.5 Å². The van der Waals surface area contributed by atoms with Crippen LogP contribution in [0.1, 0.15) is 51.9 Å². The molecule has 0 atom stereocenters. The lowest BCUT2D eigenvalue weighted by Gasteiger charge is -2.35. The lowest BCUT2D eigenvalue weighted by molar-refractivity contribution is -0.0769. The maximum Gasteiger partial charge on any atom is 0.0817 e. The highest BCUT2D eigenvalue weighted by molar-refractivity contribution is 4.83. The third-order valence-corrected chi connectivity index (χ3v) is 3.63. The summed E-state index contributed by atoms with van der Waals surface area (Å²) in [5.41, 5.74) is -0.504. The number of likely N-dealkylation sites (N-methyl/N-ethyl adjacent to an activating group) is 1. The third-order valence-electron chi connectivity index (χ3n) is 3.63. The summed E-state index contributed by atoms with van der Waals surface area (Å²) in [6.07, 6.45) is 8.15. The Balaban J connectivity index is 2.08. The van der Waals surface area contributed by atoms with Crippen LogP contribution in [0.25, 0.3) is 0 Å². The molecule has 0 aromatic heterocycles. The topological polar surface area (TPSA) is 32.7 Å². The van der Waals surface area contributed by atoms with Gasteiger partial charge in [0.2, 0.25) is 0 Å². The molecule has 0 aromatic carbocycles. The fraction of sp³-hybridized carbons (Fsp3) is 1.00. The second-order valence-corrected chi connectivity index (χ2v) is 5.49. The molecule has 17 heavy (non-hydrogen) atoms. The third kappa shape index (κ3) is 6.39. The van der Waals surface area contributed by atoms with Gasteiger partial charge in [0, 0.05) is 32.6 Å². The first-order chi connectivity index (χ1) is 8.16. The standard InChI is InChI=1S/C14H29NO2/c1-3-4-5-6-7-10-15(2)13-14(16)8-11-17-12-9-14/h16H,3-13H2,1-2H3. The van der Waals surface area contributed by atoms with Gasteiger partial charge in [-0.15, -0.1) is 0 Å². The first-order valence-electron chi connectivity index (χ1n) is 7.15. The molecule has 3 nitrogen and oxygen atoms in total. The van der Waals surface area contributed by atoms with E-state index in [4.69, 9.17) is 4.74 Å². The van der Waals surface area contributed by atoms with Crippen molar-refractivity contribution >= 4 is 0 Å². The molecule has 0 unspecified atom stereocenters. The summed E-state index contributed by atoms with van der Waals surface area (Å²) in [4.78, 5) is 2.28. The molecule has 1 aliphatic rings. The zero-order valence-electron chi connectivity index (χ0n) is 11.6. The molecule has 1 saturated heterocycles. The lowest BCUT2D eigenvalue weighted by Crippen LogP contribution is -2.45. The van der Waals surface area contributed by atoms with Crippen molar-refractivity contribution in [2.24, 2.45) is 0 Å². The zero-order chi connectivity index (χ0) is 12.6. The first kappa shape index (κ1) is 14.9. The van der Waals surface area contributed by atoms with Crippen molar-refractivity contribution < 1.29 is 9.84 Å². The van der Waals surface area contributed by atoms with E-state index >= 15 is 0 Å². The lowest BCUT2D eigenvalue weighted by atomic mass is 9.94. The first-order valence-corrected chi connectivity index (χ1v) is 7.15. The highest BCUT2D eigenvalue weighted by Crippen LogP contribution is 2.21. The van der Waals surface area contributed by atoms with Crippen LogP contribution < -0.4 is 0 Å². The average molecular weight is 243 g/mol. The van der Waals surface area contributed by atoms with Gasteiger partial charge in [-0.2, -0.15) is 0 Å². The van der Waals surface area contributed by atoms with Crippen LogP contribution in [0, 0.1) is 0 Å². The zero-order valence-corrected chi connectivity index (χ0v) is 11.6. The molecule has 1 N–H and O–H groups in total. The van der Waals surface area contributed by atoms with Gasteiger partial charge in [-0.3, -0.25) is 0 Å². The summed E-state index contributed by atoms with van der Waals surface area (Å²) < 4.78 is 5.29. The van der Waals surface area contributed by atoms with E-state index in [2.05, 4.69) is 18.9 Å². The average Bonchev–Trinajstić information content (AvgIpc) is 2.29. The van der Waals surface area contributed by atoms with Gasteiger partial charge in [-0.05, 0) is 20.0 Å². The monoisotopic (exact) mass is 243 g/mol. The van der Waals surface area contributed by atoms with E-state index in [0.29, 0.717) is 13.2 Å². The Morgan fingerprint density at radius 2 is 1.76 bits per heavy atom. The fourth-order valence-electron chi connectivity index (χ4n) is 2.48. The molecule has 102 valence electrons. The molecule has 0 radical (unpaired) electrons. The van der Waals surface area contributed by atoms with Crippen LogP contribution in [0.2, 0.25) is 0 Å². The number of unbranched alkanes of at least 4 members (excludes halogenated alkanes) is 4. The van der Waals surface area contributed by atoms with E-state index in [9.17, 15) is 5.11 Å². The molecule has 0 amide bonds. The van der Waals surface area contributed by atoms with Crippen LogP contribution in [-0.4, -0.2) is 49.0 Å². The van der Waals surface area contributed by atoms with Crippen molar-refractivity contribution in [2.75, 3.05) is 33.4 Å². The van der Waals surface area contributed by atoms with Gasteiger partial charge in [-0.1, -0.05) is 32.6 Å². The van der Waals surface area contributed by atoms with Crippen LogP contribution in [0.4, 0.5) is 0 Å². The van der Waals surface area contributed by atoms with Crippen molar-refractivity contribution in [1.82, 2.24) is 4.90 Å². The molecule has 1 rings (SSSR count). The number of aliphatic hydroxyl groups is 1. The van der Waals surface area contributed by atoms with E-state index in [1.807, 2.05) is 0 Å². The number of nitrogens with zero attached hydrogens (tertiary/aromatic N) is 1. The molecule has 0 spiro atoms. The van der Waals surface area contributed by atoms with Gasteiger partial charge in [0.25, 0.3) is 0 Å². The van der Waals surface area contributed by atoms with Gasteiger partial charge in [-0.25, -0.2) is 0 Å². The van der Waals surface area contributed by atoms with E-state index < -0.39 is 5.60 Å². The van der Waals surface area contributed by atoms with Crippen LogP contribution >= 0.6 is 0 Å². The Hall–Kier alpha value is -0.120. The predicted molar refractivity (Wildman–Crippen MR) is 71.3 cm³/mol. The molecule has 0 saturated carbocycles.